The summed E-state index contributed by atoms with van der Waals surface area (Å²) in [5.41, 5.74) is 0. The molecule has 5 nitrogen and oxygen atoms in total. The molecule has 1 aromatic heterocycles. The van der Waals surface area contributed by atoms with Crippen LogP contribution in [0.25, 0.3) is 0 Å². The lowest BCUT2D eigenvalue weighted by Gasteiger charge is -2.20. The Morgan fingerprint density at radius 1 is 1.55 bits per heavy atom. The number of nitrogens with one attached hydrogen (secondary N) is 2. The van der Waals surface area contributed by atoms with E-state index in [1.807, 2.05) is 19.1 Å². The summed E-state index contributed by atoms with van der Waals surface area (Å²) >= 11 is 0. The standard InChI is InChI=1S/C15H24N2O3/c1-3-14-12(6-8-20-14)9-16-11(2)15(18)17-10-13-5-4-7-19-13/h4-5,7,11-12,14,16H,3,6,8-10H2,1-2H3,(H,17,18). The van der Waals surface area contributed by atoms with Gasteiger partial charge in [-0.2, -0.15) is 0 Å². The molecule has 0 radical (unpaired) electrons. The number of furan rings is 1. The van der Waals surface area contributed by atoms with E-state index >= 15 is 0 Å². The second kappa shape index (κ2) is 7.45. The third-order valence-electron chi connectivity index (χ3n) is 3.85. The van der Waals surface area contributed by atoms with Gasteiger partial charge in [-0.05, 0) is 37.8 Å². The SMILES string of the molecule is CCC1OCCC1CNC(C)C(=O)NCc1ccco1. The Kier molecular flexibility index (Phi) is 5.61. The molecule has 1 aliphatic heterocycles. The molecule has 3 unspecified atom stereocenters. The molecule has 1 aliphatic rings. The first kappa shape index (κ1) is 15.1. The fourth-order valence-electron chi connectivity index (χ4n) is 2.54. The number of ether oxygens (including phenoxy) is 1. The Bertz CT molecular complexity index is 405. The van der Waals surface area contributed by atoms with Crippen LogP contribution in [0.2, 0.25) is 0 Å². The van der Waals surface area contributed by atoms with Crippen molar-refractivity contribution in [3.63, 3.8) is 0 Å². The number of amides is 1. The van der Waals surface area contributed by atoms with Gasteiger partial charge in [-0.3, -0.25) is 4.79 Å². The van der Waals surface area contributed by atoms with Crippen LogP contribution < -0.4 is 10.6 Å². The first-order chi connectivity index (χ1) is 9.70. The van der Waals surface area contributed by atoms with Crippen LogP contribution in [-0.2, 0) is 16.1 Å². The summed E-state index contributed by atoms with van der Waals surface area (Å²) in [5, 5.41) is 6.16. The molecule has 0 spiro atoms. The molecule has 20 heavy (non-hydrogen) atoms. The third kappa shape index (κ3) is 4.08. The zero-order valence-electron chi connectivity index (χ0n) is 12.2. The molecule has 1 saturated heterocycles. The fourth-order valence-corrected chi connectivity index (χ4v) is 2.54. The predicted molar refractivity (Wildman–Crippen MR) is 76.2 cm³/mol. The highest BCUT2D eigenvalue weighted by Crippen LogP contribution is 2.22. The predicted octanol–water partition coefficient (Wildman–Crippen LogP) is 1.69. The van der Waals surface area contributed by atoms with Gasteiger partial charge in [-0.25, -0.2) is 0 Å². The highest BCUT2D eigenvalue weighted by molar-refractivity contribution is 5.81. The van der Waals surface area contributed by atoms with Crippen LogP contribution >= 0.6 is 0 Å². The first-order valence-corrected chi connectivity index (χ1v) is 7.35. The number of hydrogen-bond donors (Lipinski definition) is 2. The molecular weight excluding hydrogens is 256 g/mol. The molecule has 2 N–H and O–H groups in total. The quantitative estimate of drug-likeness (QED) is 0.798. The molecule has 0 aromatic carbocycles. The van der Waals surface area contributed by atoms with Crippen molar-refractivity contribution < 1.29 is 13.9 Å². The van der Waals surface area contributed by atoms with Crippen LogP contribution in [0.1, 0.15) is 32.4 Å². The lowest BCUT2D eigenvalue weighted by Crippen LogP contribution is -2.44. The summed E-state index contributed by atoms with van der Waals surface area (Å²) in [5.74, 6) is 1.27. The Morgan fingerprint density at radius 3 is 3.10 bits per heavy atom. The molecule has 1 amide bonds. The van der Waals surface area contributed by atoms with Gasteiger partial charge in [0.05, 0.1) is 25.0 Å². The van der Waals surface area contributed by atoms with Gasteiger partial charge in [0, 0.05) is 13.2 Å². The van der Waals surface area contributed by atoms with Crippen molar-refractivity contribution in [2.24, 2.45) is 5.92 Å². The van der Waals surface area contributed by atoms with Gasteiger partial charge in [-0.15, -0.1) is 0 Å². The smallest absolute Gasteiger partial charge is 0.237 e. The molecule has 1 aromatic rings. The average molecular weight is 280 g/mol. The van der Waals surface area contributed by atoms with E-state index in [1.54, 1.807) is 6.26 Å². The van der Waals surface area contributed by atoms with E-state index in [1.165, 1.54) is 0 Å². The van der Waals surface area contributed by atoms with Crippen LogP contribution in [0.5, 0.6) is 0 Å². The summed E-state index contributed by atoms with van der Waals surface area (Å²) in [6.07, 6.45) is 4.05. The number of hydrogen-bond acceptors (Lipinski definition) is 4. The van der Waals surface area contributed by atoms with Gasteiger partial charge >= 0.3 is 0 Å². The zero-order valence-corrected chi connectivity index (χ0v) is 12.2. The normalized spacial score (nSPS) is 23.7. The summed E-state index contributed by atoms with van der Waals surface area (Å²) in [6.45, 7) is 6.12. The summed E-state index contributed by atoms with van der Waals surface area (Å²) < 4.78 is 10.8. The minimum Gasteiger partial charge on any atom is -0.467 e. The molecule has 3 atom stereocenters. The van der Waals surface area contributed by atoms with Gasteiger partial charge in [0.2, 0.25) is 5.91 Å². The maximum atomic E-state index is 11.9. The number of carbonyl (C=O) groups is 1. The van der Waals surface area contributed by atoms with Crippen LogP contribution in [0.4, 0.5) is 0 Å². The van der Waals surface area contributed by atoms with Gasteiger partial charge in [-0.1, -0.05) is 6.92 Å². The van der Waals surface area contributed by atoms with E-state index in [0.29, 0.717) is 18.6 Å². The Labute approximate surface area is 120 Å². The maximum Gasteiger partial charge on any atom is 0.237 e. The van der Waals surface area contributed by atoms with Crippen molar-refractivity contribution in [1.29, 1.82) is 0 Å². The van der Waals surface area contributed by atoms with Crippen molar-refractivity contribution in [1.82, 2.24) is 10.6 Å². The van der Waals surface area contributed by atoms with E-state index in [-0.39, 0.29) is 11.9 Å². The van der Waals surface area contributed by atoms with E-state index in [0.717, 1.165) is 31.8 Å². The van der Waals surface area contributed by atoms with Crippen LogP contribution in [-0.4, -0.2) is 31.2 Å². The summed E-state index contributed by atoms with van der Waals surface area (Å²) in [7, 11) is 0. The van der Waals surface area contributed by atoms with E-state index in [9.17, 15) is 4.79 Å². The van der Waals surface area contributed by atoms with Gasteiger partial charge in [0.25, 0.3) is 0 Å². The van der Waals surface area contributed by atoms with Crippen LogP contribution in [0, 0.1) is 5.92 Å². The maximum absolute atomic E-state index is 11.9. The van der Waals surface area contributed by atoms with Gasteiger partial charge in [0.15, 0.2) is 0 Å². The molecule has 2 heterocycles. The summed E-state index contributed by atoms with van der Waals surface area (Å²) in [4.78, 5) is 11.9. The molecular formula is C15H24N2O3. The number of rotatable bonds is 7. The van der Waals surface area contributed by atoms with Crippen molar-refractivity contribution in [2.45, 2.75) is 45.4 Å². The second-order valence-electron chi connectivity index (χ2n) is 5.29. The monoisotopic (exact) mass is 280 g/mol. The average Bonchev–Trinajstić information content (AvgIpc) is 3.12. The summed E-state index contributed by atoms with van der Waals surface area (Å²) in [6, 6.07) is 3.46. The van der Waals surface area contributed by atoms with Gasteiger partial charge in [0.1, 0.15) is 5.76 Å². The Morgan fingerprint density at radius 2 is 2.40 bits per heavy atom. The van der Waals surface area contributed by atoms with E-state index in [2.05, 4.69) is 17.6 Å². The highest BCUT2D eigenvalue weighted by Gasteiger charge is 2.27. The minimum absolute atomic E-state index is 0.00614. The molecule has 0 saturated carbocycles. The zero-order chi connectivity index (χ0) is 14.4. The van der Waals surface area contributed by atoms with Crippen LogP contribution in [0.3, 0.4) is 0 Å². The largest absolute Gasteiger partial charge is 0.467 e. The van der Waals surface area contributed by atoms with E-state index < -0.39 is 0 Å². The molecule has 0 bridgehead atoms. The topological polar surface area (TPSA) is 63.5 Å². The number of carbonyl (C=O) groups excluding carboxylic acids is 1. The molecule has 2 rings (SSSR count). The molecule has 5 heteroatoms. The minimum atomic E-state index is -0.205. The molecule has 1 fully saturated rings. The molecule has 0 aliphatic carbocycles. The lowest BCUT2D eigenvalue weighted by molar-refractivity contribution is -0.123. The third-order valence-corrected chi connectivity index (χ3v) is 3.85. The second-order valence-corrected chi connectivity index (χ2v) is 5.29. The van der Waals surface area contributed by atoms with Crippen molar-refractivity contribution >= 4 is 5.91 Å². The Hall–Kier alpha value is -1.33. The fraction of sp³-hybridized carbons (Fsp3) is 0.667. The molecule has 112 valence electrons. The van der Waals surface area contributed by atoms with Crippen molar-refractivity contribution in [3.8, 4) is 0 Å². The lowest BCUT2D eigenvalue weighted by atomic mass is 9.99. The van der Waals surface area contributed by atoms with E-state index in [4.69, 9.17) is 9.15 Å². The van der Waals surface area contributed by atoms with Crippen LogP contribution in [0.15, 0.2) is 22.8 Å². The first-order valence-electron chi connectivity index (χ1n) is 7.35. The Balaban J connectivity index is 1.68. The van der Waals surface area contributed by atoms with Crippen molar-refractivity contribution in [2.75, 3.05) is 13.2 Å². The van der Waals surface area contributed by atoms with Gasteiger partial charge < -0.3 is 19.8 Å². The highest BCUT2D eigenvalue weighted by atomic mass is 16.5. The van der Waals surface area contributed by atoms with Crippen molar-refractivity contribution in [3.05, 3.63) is 24.2 Å².